The molecular formula is C10H9F4N3O3S. The first-order chi connectivity index (χ1) is 9.63. The number of alkyl halides is 3. The van der Waals surface area contributed by atoms with Gasteiger partial charge in [0.05, 0.1) is 4.92 Å². The molecule has 3 N–H and O–H groups in total. The lowest BCUT2D eigenvalue weighted by molar-refractivity contribution is -0.384. The van der Waals surface area contributed by atoms with Gasteiger partial charge in [-0.25, -0.2) is 4.39 Å². The van der Waals surface area contributed by atoms with Crippen molar-refractivity contribution in [3.05, 3.63) is 33.6 Å². The van der Waals surface area contributed by atoms with E-state index in [2.05, 4.69) is 0 Å². The predicted octanol–water partition coefficient (Wildman–Crippen LogP) is 2.30. The maximum Gasteiger partial charge on any atom is 0.441 e. The van der Waals surface area contributed by atoms with Crippen LogP contribution in [-0.4, -0.2) is 28.6 Å². The van der Waals surface area contributed by atoms with Gasteiger partial charge in [0.2, 0.25) is 0 Å². The van der Waals surface area contributed by atoms with Gasteiger partial charge in [-0.15, -0.1) is 0 Å². The fourth-order valence-electron chi connectivity index (χ4n) is 1.39. The largest absolute Gasteiger partial charge is 0.441 e. The number of anilines is 1. The Morgan fingerprint density at radius 2 is 2.05 bits per heavy atom. The second kappa shape index (κ2) is 6.61. The fourth-order valence-corrected chi connectivity index (χ4v) is 1.83. The molecule has 11 heteroatoms. The lowest BCUT2D eigenvalue weighted by Crippen LogP contribution is -2.28. The van der Waals surface area contributed by atoms with Gasteiger partial charge in [-0.2, -0.15) is 13.2 Å². The van der Waals surface area contributed by atoms with Crippen LogP contribution < -0.4 is 11.1 Å². The Hall–Kier alpha value is -2.04. The first-order valence-electron chi connectivity index (χ1n) is 5.34. The molecule has 0 aliphatic rings. The molecule has 0 aliphatic carbocycles. The van der Waals surface area contributed by atoms with Gasteiger partial charge >= 0.3 is 5.51 Å². The minimum atomic E-state index is -4.44. The summed E-state index contributed by atoms with van der Waals surface area (Å²) in [4.78, 5) is 21.4. The van der Waals surface area contributed by atoms with E-state index < -0.39 is 51.4 Å². The van der Waals surface area contributed by atoms with Crippen molar-refractivity contribution in [2.45, 2.75) is 5.51 Å². The van der Waals surface area contributed by atoms with Crippen molar-refractivity contribution in [1.29, 1.82) is 0 Å². The number of hydrogen-bond donors (Lipinski definition) is 2. The van der Waals surface area contributed by atoms with E-state index in [4.69, 9.17) is 5.73 Å². The molecule has 0 atom stereocenters. The zero-order valence-corrected chi connectivity index (χ0v) is 11.1. The molecule has 0 heterocycles. The second-order valence-corrected chi connectivity index (χ2v) is 4.82. The average Bonchev–Trinajstić information content (AvgIpc) is 2.33. The molecule has 1 rings (SSSR count). The zero-order chi connectivity index (χ0) is 16.2. The summed E-state index contributed by atoms with van der Waals surface area (Å²) in [5.41, 5.74) is -1.22. The maximum atomic E-state index is 13.5. The molecule has 0 bridgehead atoms. The number of thioether (sulfide) groups is 1. The molecule has 21 heavy (non-hydrogen) atoms. The van der Waals surface area contributed by atoms with E-state index in [0.29, 0.717) is 6.07 Å². The summed E-state index contributed by atoms with van der Waals surface area (Å²) in [7, 11) is 0. The molecule has 116 valence electrons. The number of halogens is 4. The van der Waals surface area contributed by atoms with Crippen molar-refractivity contribution in [2.75, 3.05) is 18.0 Å². The van der Waals surface area contributed by atoms with E-state index in [0.717, 1.165) is 6.07 Å². The average molecular weight is 327 g/mol. The number of nitrogen functional groups attached to an aromatic ring is 1. The monoisotopic (exact) mass is 327 g/mol. The lowest BCUT2D eigenvalue weighted by atomic mass is 10.1. The number of nitro groups is 1. The van der Waals surface area contributed by atoms with Crippen LogP contribution in [0.2, 0.25) is 0 Å². The van der Waals surface area contributed by atoms with Crippen molar-refractivity contribution in [2.24, 2.45) is 0 Å². The van der Waals surface area contributed by atoms with E-state index in [-0.39, 0.29) is 11.8 Å². The van der Waals surface area contributed by atoms with E-state index >= 15 is 0 Å². The van der Waals surface area contributed by atoms with Crippen LogP contribution in [0.15, 0.2) is 12.1 Å². The van der Waals surface area contributed by atoms with Gasteiger partial charge in [-0.05, 0) is 17.8 Å². The molecule has 0 aliphatic heterocycles. The Morgan fingerprint density at radius 3 is 2.57 bits per heavy atom. The fraction of sp³-hybridized carbons (Fsp3) is 0.300. The van der Waals surface area contributed by atoms with E-state index in [1.54, 1.807) is 0 Å². The Balaban J connectivity index is 2.79. The topological polar surface area (TPSA) is 98.3 Å². The summed E-state index contributed by atoms with van der Waals surface area (Å²) in [5.74, 6) is -2.69. The van der Waals surface area contributed by atoms with Gasteiger partial charge in [0.15, 0.2) is 0 Å². The van der Waals surface area contributed by atoms with Crippen molar-refractivity contribution in [1.82, 2.24) is 5.32 Å². The first-order valence-corrected chi connectivity index (χ1v) is 6.33. The molecule has 0 fully saturated rings. The molecule has 1 amide bonds. The minimum Gasteiger partial charge on any atom is -0.392 e. The Bertz CT molecular complexity index is 565. The first kappa shape index (κ1) is 17.0. The molecule has 6 nitrogen and oxygen atoms in total. The molecule has 0 saturated carbocycles. The number of nitrogens with one attached hydrogen (secondary N) is 1. The molecule has 0 spiro atoms. The third-order valence-corrected chi connectivity index (χ3v) is 2.98. The van der Waals surface area contributed by atoms with Crippen LogP contribution in [0, 0.1) is 15.9 Å². The Labute approximate surface area is 119 Å². The van der Waals surface area contributed by atoms with Crippen LogP contribution in [-0.2, 0) is 0 Å². The lowest BCUT2D eigenvalue weighted by Gasteiger charge is -2.09. The molecule has 1 aromatic rings. The number of carbonyl (C=O) groups excluding carboxylic acids is 1. The van der Waals surface area contributed by atoms with Gasteiger partial charge in [-0.1, -0.05) is 0 Å². The number of nitrogens with two attached hydrogens (primary N) is 1. The molecular weight excluding hydrogens is 318 g/mol. The van der Waals surface area contributed by atoms with Crippen molar-refractivity contribution < 1.29 is 27.3 Å². The molecule has 0 radical (unpaired) electrons. The predicted molar refractivity (Wildman–Crippen MR) is 68.3 cm³/mol. The summed E-state index contributed by atoms with van der Waals surface area (Å²) >= 11 is -0.361. The number of benzene rings is 1. The van der Waals surface area contributed by atoms with Gasteiger partial charge in [0.1, 0.15) is 17.1 Å². The minimum absolute atomic E-state index is 0.361. The summed E-state index contributed by atoms with van der Waals surface area (Å²) in [6, 6.07) is 1.48. The highest BCUT2D eigenvalue weighted by molar-refractivity contribution is 8.00. The number of nitro benzene ring substituents is 1. The Kier molecular flexibility index (Phi) is 5.35. The van der Waals surface area contributed by atoms with Crippen LogP contribution in [0.5, 0.6) is 0 Å². The number of rotatable bonds is 5. The SMILES string of the molecule is Nc1c([N+](=O)[O-])ccc(F)c1C(=O)NCCSC(F)(F)F. The molecule has 0 unspecified atom stereocenters. The normalized spacial score (nSPS) is 11.2. The summed E-state index contributed by atoms with van der Waals surface area (Å²) in [6.07, 6.45) is 0. The second-order valence-electron chi connectivity index (χ2n) is 3.66. The Morgan fingerprint density at radius 1 is 1.43 bits per heavy atom. The van der Waals surface area contributed by atoms with Crippen LogP contribution in [0.4, 0.5) is 28.9 Å². The highest BCUT2D eigenvalue weighted by Crippen LogP contribution is 2.30. The summed E-state index contributed by atoms with van der Waals surface area (Å²) in [6.45, 7) is -0.398. The van der Waals surface area contributed by atoms with Gasteiger partial charge < -0.3 is 11.1 Å². The van der Waals surface area contributed by atoms with Crippen molar-refractivity contribution in [3.63, 3.8) is 0 Å². The van der Waals surface area contributed by atoms with Gasteiger partial charge in [0.25, 0.3) is 11.6 Å². The number of nitrogens with zero attached hydrogens (tertiary/aromatic N) is 1. The molecule has 0 saturated heterocycles. The standard InChI is InChI=1S/C10H9F4N3O3S/c11-5-1-2-6(17(19)20)8(15)7(5)9(18)16-3-4-21-10(12,13)14/h1-2H,3-4,15H2,(H,16,18). The van der Waals surface area contributed by atoms with Crippen LogP contribution in [0.1, 0.15) is 10.4 Å². The van der Waals surface area contributed by atoms with Crippen LogP contribution in [0.3, 0.4) is 0 Å². The highest BCUT2D eigenvalue weighted by Gasteiger charge is 2.28. The number of hydrogen-bond acceptors (Lipinski definition) is 5. The molecule has 0 aromatic heterocycles. The highest BCUT2D eigenvalue weighted by atomic mass is 32.2. The van der Waals surface area contributed by atoms with Crippen molar-refractivity contribution in [3.8, 4) is 0 Å². The zero-order valence-electron chi connectivity index (χ0n) is 10.2. The quantitative estimate of drug-likeness (QED) is 0.284. The summed E-state index contributed by atoms with van der Waals surface area (Å²) in [5, 5.41) is 12.6. The number of carbonyl (C=O) groups is 1. The van der Waals surface area contributed by atoms with E-state index in [1.165, 1.54) is 0 Å². The third kappa shape index (κ3) is 4.77. The van der Waals surface area contributed by atoms with Crippen molar-refractivity contribution >= 4 is 29.0 Å². The van der Waals surface area contributed by atoms with Gasteiger partial charge in [0, 0.05) is 18.4 Å². The van der Waals surface area contributed by atoms with E-state index in [1.807, 2.05) is 5.32 Å². The number of amides is 1. The van der Waals surface area contributed by atoms with Crippen LogP contribution >= 0.6 is 11.8 Å². The van der Waals surface area contributed by atoms with Crippen LogP contribution in [0.25, 0.3) is 0 Å². The van der Waals surface area contributed by atoms with E-state index in [9.17, 15) is 32.5 Å². The third-order valence-electron chi connectivity index (χ3n) is 2.25. The summed E-state index contributed by atoms with van der Waals surface area (Å²) < 4.78 is 49.1. The molecule has 1 aromatic carbocycles. The van der Waals surface area contributed by atoms with Gasteiger partial charge in [-0.3, -0.25) is 14.9 Å². The smallest absolute Gasteiger partial charge is 0.392 e. The maximum absolute atomic E-state index is 13.5.